The van der Waals surface area contributed by atoms with Gasteiger partial charge in [0.25, 0.3) is 0 Å². The van der Waals surface area contributed by atoms with Gasteiger partial charge in [0, 0.05) is 18.1 Å². The molecule has 4 heteroatoms. The number of likely N-dealkylation sites (tertiary alicyclic amines) is 1. The quantitative estimate of drug-likeness (QED) is 0.588. The Kier molecular flexibility index (Phi) is 3.84. The molecule has 82 valence electrons. The predicted octanol–water partition coefficient (Wildman–Crippen LogP) is 2.94. The first-order valence-electron chi connectivity index (χ1n) is 5.21. The van der Waals surface area contributed by atoms with Gasteiger partial charge in [-0.05, 0) is 37.6 Å². The summed E-state index contributed by atoms with van der Waals surface area (Å²) in [5.74, 6) is 0. The van der Waals surface area contributed by atoms with Crippen molar-refractivity contribution < 1.29 is 0 Å². The lowest BCUT2D eigenvalue weighted by molar-refractivity contribution is 0.223. The van der Waals surface area contributed by atoms with Crippen molar-refractivity contribution in [2.75, 3.05) is 13.1 Å². The van der Waals surface area contributed by atoms with E-state index in [4.69, 9.17) is 23.2 Å². The summed E-state index contributed by atoms with van der Waals surface area (Å²) in [5.41, 5.74) is 1.22. The molecule has 1 aromatic heterocycles. The van der Waals surface area contributed by atoms with Crippen molar-refractivity contribution in [3.8, 4) is 0 Å². The first-order chi connectivity index (χ1) is 7.24. The van der Waals surface area contributed by atoms with Crippen LogP contribution in [-0.2, 0) is 6.54 Å². The molecule has 1 saturated heterocycles. The maximum Gasteiger partial charge on any atom is 0.129 e. The van der Waals surface area contributed by atoms with Gasteiger partial charge in [0.2, 0.25) is 0 Å². The Hall–Kier alpha value is -0.310. The highest BCUT2D eigenvalue weighted by molar-refractivity contribution is 6.29. The molecule has 0 N–H and O–H groups in total. The molecule has 2 rings (SSSR count). The summed E-state index contributed by atoms with van der Waals surface area (Å²) in [6.45, 7) is 3.11. The van der Waals surface area contributed by atoms with E-state index in [-0.39, 0.29) is 0 Å². The van der Waals surface area contributed by atoms with E-state index in [0.717, 1.165) is 32.5 Å². The Morgan fingerprint density at radius 3 is 2.67 bits per heavy atom. The minimum absolute atomic E-state index is 0.365. The molecule has 0 aliphatic carbocycles. The molecule has 0 aromatic carbocycles. The molecule has 1 aliphatic heterocycles. The molecule has 0 atom stereocenters. The minimum atomic E-state index is 0.365. The summed E-state index contributed by atoms with van der Waals surface area (Å²) in [6, 6.07) is 3.87. The Labute approximate surface area is 100 Å². The number of hydrogen-bond donors (Lipinski definition) is 0. The van der Waals surface area contributed by atoms with Gasteiger partial charge in [0.05, 0.1) is 0 Å². The lowest BCUT2D eigenvalue weighted by Gasteiger charge is -2.28. The molecule has 0 bridgehead atoms. The van der Waals surface area contributed by atoms with Crippen molar-refractivity contribution in [1.82, 2.24) is 9.88 Å². The zero-order valence-corrected chi connectivity index (χ0v) is 10.0. The van der Waals surface area contributed by atoms with Crippen LogP contribution in [0.2, 0.25) is 5.15 Å². The summed E-state index contributed by atoms with van der Waals surface area (Å²) in [7, 11) is 0. The number of rotatable bonds is 2. The zero-order chi connectivity index (χ0) is 10.7. The van der Waals surface area contributed by atoms with Gasteiger partial charge in [-0.3, -0.25) is 4.90 Å². The summed E-state index contributed by atoms with van der Waals surface area (Å²) in [6.07, 6.45) is 4.01. The molecule has 1 fully saturated rings. The molecule has 2 nitrogen and oxygen atoms in total. The predicted molar refractivity (Wildman–Crippen MR) is 63.4 cm³/mol. The largest absolute Gasteiger partial charge is 0.299 e. The van der Waals surface area contributed by atoms with E-state index in [9.17, 15) is 0 Å². The van der Waals surface area contributed by atoms with Gasteiger partial charge in [-0.1, -0.05) is 17.7 Å². The number of hydrogen-bond acceptors (Lipinski definition) is 2. The van der Waals surface area contributed by atoms with Crippen LogP contribution in [0, 0.1) is 0 Å². The van der Waals surface area contributed by atoms with Crippen molar-refractivity contribution >= 4 is 23.2 Å². The average Bonchev–Trinajstić information content (AvgIpc) is 2.25. The summed E-state index contributed by atoms with van der Waals surface area (Å²) in [4.78, 5) is 6.48. The number of piperidine rings is 1. The van der Waals surface area contributed by atoms with Crippen LogP contribution in [-0.4, -0.2) is 28.4 Å². The number of alkyl halides is 1. The summed E-state index contributed by atoms with van der Waals surface area (Å²) in [5, 5.41) is 0.919. The number of halogens is 2. The number of aromatic nitrogens is 1. The van der Waals surface area contributed by atoms with Crippen LogP contribution >= 0.6 is 23.2 Å². The van der Waals surface area contributed by atoms with E-state index >= 15 is 0 Å². The maximum absolute atomic E-state index is 6.05. The Bertz CT molecular complexity index is 305. The molecule has 1 aliphatic rings. The molecule has 2 heterocycles. The third-order valence-corrected chi connectivity index (χ3v) is 3.37. The van der Waals surface area contributed by atoms with Crippen molar-refractivity contribution in [1.29, 1.82) is 0 Å². The minimum Gasteiger partial charge on any atom is -0.299 e. The van der Waals surface area contributed by atoms with E-state index in [1.54, 1.807) is 0 Å². The Balaban J connectivity index is 1.89. The second-order valence-electron chi connectivity index (χ2n) is 3.94. The van der Waals surface area contributed by atoms with Gasteiger partial charge in [-0.25, -0.2) is 4.98 Å². The third-order valence-electron chi connectivity index (χ3n) is 2.71. The van der Waals surface area contributed by atoms with E-state index < -0.39 is 0 Å². The summed E-state index contributed by atoms with van der Waals surface area (Å²) < 4.78 is 0. The lowest BCUT2D eigenvalue weighted by Crippen LogP contribution is -2.33. The monoisotopic (exact) mass is 244 g/mol. The van der Waals surface area contributed by atoms with Crippen LogP contribution in [0.4, 0.5) is 0 Å². The SMILES string of the molecule is Clc1ccc(CN2CCC(Cl)CC2)cn1. The highest BCUT2D eigenvalue weighted by Crippen LogP contribution is 2.17. The fourth-order valence-electron chi connectivity index (χ4n) is 1.82. The molecule has 0 spiro atoms. The van der Waals surface area contributed by atoms with Crippen molar-refractivity contribution in [2.45, 2.75) is 24.8 Å². The number of pyridine rings is 1. The van der Waals surface area contributed by atoms with Gasteiger partial charge in [0.15, 0.2) is 0 Å². The van der Waals surface area contributed by atoms with Crippen molar-refractivity contribution in [3.63, 3.8) is 0 Å². The van der Waals surface area contributed by atoms with Crippen molar-refractivity contribution in [3.05, 3.63) is 29.0 Å². The molecular formula is C11H14Cl2N2. The molecule has 0 amide bonds. The van der Waals surface area contributed by atoms with Crippen LogP contribution in [0.25, 0.3) is 0 Å². The van der Waals surface area contributed by atoms with Crippen LogP contribution in [0.5, 0.6) is 0 Å². The normalized spacial score (nSPS) is 19.3. The highest BCUT2D eigenvalue weighted by atomic mass is 35.5. The van der Waals surface area contributed by atoms with Gasteiger partial charge >= 0.3 is 0 Å². The second kappa shape index (κ2) is 5.15. The van der Waals surface area contributed by atoms with E-state index in [1.165, 1.54) is 5.56 Å². The Morgan fingerprint density at radius 1 is 1.33 bits per heavy atom. The van der Waals surface area contributed by atoms with Crippen LogP contribution in [0.1, 0.15) is 18.4 Å². The topological polar surface area (TPSA) is 16.1 Å². The smallest absolute Gasteiger partial charge is 0.129 e. The molecule has 1 aromatic rings. The zero-order valence-electron chi connectivity index (χ0n) is 8.50. The van der Waals surface area contributed by atoms with Gasteiger partial charge in [-0.2, -0.15) is 0 Å². The fourth-order valence-corrected chi connectivity index (χ4v) is 2.12. The van der Waals surface area contributed by atoms with Crippen LogP contribution in [0.15, 0.2) is 18.3 Å². The van der Waals surface area contributed by atoms with Gasteiger partial charge in [0.1, 0.15) is 5.15 Å². The van der Waals surface area contributed by atoms with Gasteiger partial charge < -0.3 is 0 Å². The lowest BCUT2D eigenvalue weighted by atomic mass is 10.1. The highest BCUT2D eigenvalue weighted by Gasteiger charge is 2.16. The third kappa shape index (κ3) is 3.33. The molecular weight excluding hydrogens is 231 g/mol. The van der Waals surface area contributed by atoms with Crippen molar-refractivity contribution in [2.24, 2.45) is 0 Å². The first kappa shape index (κ1) is 11.2. The fraction of sp³-hybridized carbons (Fsp3) is 0.545. The number of nitrogens with zero attached hydrogens (tertiary/aromatic N) is 2. The second-order valence-corrected chi connectivity index (χ2v) is 4.94. The van der Waals surface area contributed by atoms with E-state index in [1.807, 2.05) is 18.3 Å². The maximum atomic E-state index is 6.05. The van der Waals surface area contributed by atoms with Crippen LogP contribution in [0.3, 0.4) is 0 Å². The summed E-state index contributed by atoms with van der Waals surface area (Å²) >= 11 is 11.8. The molecule has 15 heavy (non-hydrogen) atoms. The van der Waals surface area contributed by atoms with E-state index in [2.05, 4.69) is 9.88 Å². The molecule has 0 unspecified atom stereocenters. The standard InChI is InChI=1S/C11H14Cl2N2/c12-10-3-5-15(6-4-10)8-9-1-2-11(13)14-7-9/h1-2,7,10H,3-6,8H2. The average molecular weight is 245 g/mol. The van der Waals surface area contributed by atoms with E-state index in [0.29, 0.717) is 10.5 Å². The first-order valence-corrected chi connectivity index (χ1v) is 6.02. The van der Waals surface area contributed by atoms with Gasteiger partial charge in [-0.15, -0.1) is 11.6 Å². The van der Waals surface area contributed by atoms with Crippen LogP contribution < -0.4 is 0 Å². The Morgan fingerprint density at radius 2 is 2.07 bits per heavy atom. The molecule has 0 radical (unpaired) electrons. The molecule has 0 saturated carbocycles.